The molecule has 6 nitrogen and oxygen atoms in total. The Kier molecular flexibility index (Phi) is 7.08. The van der Waals surface area contributed by atoms with Crippen molar-refractivity contribution < 1.29 is 19.1 Å². The SMILES string of the molecule is Cc1ccc(NC(=O)COc2ccc(Br)cc2C2C3=C(CCCC3=O)N(C)C3=C2C(=O)CCC3)c(C)c1. The molecule has 1 aliphatic heterocycles. The first kappa shape index (κ1) is 25.5. The van der Waals surface area contributed by atoms with Crippen molar-refractivity contribution in [2.45, 2.75) is 58.3 Å². The van der Waals surface area contributed by atoms with Crippen LogP contribution in [0.3, 0.4) is 0 Å². The van der Waals surface area contributed by atoms with Gasteiger partial charge in [0.05, 0.1) is 0 Å². The van der Waals surface area contributed by atoms with Crippen LogP contribution >= 0.6 is 15.9 Å². The van der Waals surface area contributed by atoms with Gasteiger partial charge < -0.3 is 15.0 Å². The number of ketones is 2. The standard InChI is InChI=1S/C30H31BrN2O4/c1-17-10-12-21(18(2)14-17)32-27(36)16-37-26-13-11-19(31)15-20(26)28-29-22(6-4-8-24(29)34)33(3)23-7-5-9-25(35)30(23)28/h10-15,28H,4-9,16H2,1-3H3,(H,32,36). The smallest absolute Gasteiger partial charge is 0.262 e. The minimum Gasteiger partial charge on any atom is -0.483 e. The number of nitrogens with zero attached hydrogens (tertiary/aromatic N) is 1. The van der Waals surface area contributed by atoms with Gasteiger partial charge in [0.2, 0.25) is 0 Å². The van der Waals surface area contributed by atoms with E-state index in [1.165, 1.54) is 0 Å². The third-order valence-corrected chi connectivity index (χ3v) is 8.04. The number of amides is 1. The summed E-state index contributed by atoms with van der Waals surface area (Å²) in [4.78, 5) is 41.5. The average molecular weight is 563 g/mol. The van der Waals surface area contributed by atoms with Crippen molar-refractivity contribution in [1.82, 2.24) is 4.90 Å². The van der Waals surface area contributed by atoms with Crippen molar-refractivity contribution in [2.75, 3.05) is 19.0 Å². The Labute approximate surface area is 225 Å². The Morgan fingerprint density at radius 3 is 2.24 bits per heavy atom. The first-order valence-corrected chi connectivity index (χ1v) is 13.6. The van der Waals surface area contributed by atoms with Gasteiger partial charge in [-0.1, -0.05) is 33.6 Å². The summed E-state index contributed by atoms with van der Waals surface area (Å²) in [5.74, 6) is -0.0877. The van der Waals surface area contributed by atoms with Crippen LogP contribution < -0.4 is 10.1 Å². The van der Waals surface area contributed by atoms with E-state index in [1.54, 1.807) is 0 Å². The zero-order valence-corrected chi connectivity index (χ0v) is 23.0. The van der Waals surface area contributed by atoms with Crippen LogP contribution in [0.4, 0.5) is 5.69 Å². The monoisotopic (exact) mass is 562 g/mol. The predicted molar refractivity (Wildman–Crippen MR) is 146 cm³/mol. The molecule has 2 aromatic carbocycles. The van der Waals surface area contributed by atoms with Gasteiger partial charge in [0.25, 0.3) is 5.91 Å². The minimum absolute atomic E-state index is 0.0848. The summed E-state index contributed by atoms with van der Waals surface area (Å²) in [5, 5.41) is 2.92. The maximum absolute atomic E-state index is 13.3. The normalized spacial score (nSPS) is 18.1. The molecule has 0 radical (unpaired) electrons. The van der Waals surface area contributed by atoms with E-state index < -0.39 is 5.92 Å². The van der Waals surface area contributed by atoms with Crippen molar-refractivity contribution in [3.63, 3.8) is 0 Å². The highest BCUT2D eigenvalue weighted by molar-refractivity contribution is 9.10. The van der Waals surface area contributed by atoms with E-state index in [9.17, 15) is 14.4 Å². The van der Waals surface area contributed by atoms with Crippen molar-refractivity contribution >= 4 is 39.1 Å². The Morgan fingerprint density at radius 2 is 1.62 bits per heavy atom. The largest absolute Gasteiger partial charge is 0.483 e. The van der Waals surface area contributed by atoms with E-state index >= 15 is 0 Å². The second kappa shape index (κ2) is 10.3. The molecule has 2 aromatic rings. The summed E-state index contributed by atoms with van der Waals surface area (Å²) in [5.41, 5.74) is 7.01. The maximum atomic E-state index is 13.3. The third-order valence-electron chi connectivity index (χ3n) is 7.54. The summed E-state index contributed by atoms with van der Waals surface area (Å²) < 4.78 is 6.91. The van der Waals surface area contributed by atoms with E-state index in [-0.39, 0.29) is 24.1 Å². The molecule has 5 rings (SSSR count). The lowest BCUT2D eigenvalue weighted by atomic mass is 9.71. The molecule has 0 unspecified atom stereocenters. The molecule has 7 heteroatoms. The lowest BCUT2D eigenvalue weighted by Gasteiger charge is -2.42. The molecule has 1 amide bonds. The van der Waals surface area contributed by atoms with Crippen LogP contribution in [0, 0.1) is 13.8 Å². The summed E-state index contributed by atoms with van der Waals surface area (Å²) in [6.07, 6.45) is 4.19. The molecule has 37 heavy (non-hydrogen) atoms. The average Bonchev–Trinajstić information content (AvgIpc) is 2.86. The second-order valence-corrected chi connectivity index (χ2v) is 11.0. The quantitative estimate of drug-likeness (QED) is 0.474. The van der Waals surface area contributed by atoms with Crippen molar-refractivity contribution in [3.05, 3.63) is 80.1 Å². The maximum Gasteiger partial charge on any atom is 0.262 e. The number of aryl methyl sites for hydroxylation is 2. The van der Waals surface area contributed by atoms with Crippen molar-refractivity contribution in [3.8, 4) is 5.75 Å². The number of hydrogen-bond acceptors (Lipinski definition) is 5. The number of ether oxygens (including phenoxy) is 1. The van der Waals surface area contributed by atoms with Gasteiger partial charge in [-0.2, -0.15) is 0 Å². The molecule has 0 saturated heterocycles. The molecule has 0 saturated carbocycles. The molecule has 0 bridgehead atoms. The van der Waals surface area contributed by atoms with Gasteiger partial charge in [-0.15, -0.1) is 0 Å². The van der Waals surface area contributed by atoms with E-state index in [0.717, 1.165) is 63.9 Å². The number of Topliss-reactive ketones (excluding diaryl/α,β-unsaturated/α-hetero) is 2. The Bertz CT molecular complexity index is 1330. The molecular formula is C30H31BrN2O4. The Hall–Kier alpha value is -3.19. The van der Waals surface area contributed by atoms with Crippen LogP contribution in [0.2, 0.25) is 0 Å². The number of carbonyl (C=O) groups excluding carboxylic acids is 3. The van der Waals surface area contributed by atoms with Crippen molar-refractivity contribution in [1.29, 1.82) is 0 Å². The molecule has 3 aliphatic rings. The predicted octanol–water partition coefficient (Wildman–Crippen LogP) is 6.13. The second-order valence-electron chi connectivity index (χ2n) is 10.1. The van der Waals surface area contributed by atoms with Crippen molar-refractivity contribution in [2.24, 2.45) is 0 Å². The van der Waals surface area contributed by atoms with Crippen LogP contribution in [-0.2, 0) is 14.4 Å². The summed E-state index contributed by atoms with van der Waals surface area (Å²) >= 11 is 3.57. The molecule has 0 atom stereocenters. The number of benzene rings is 2. The van der Waals surface area contributed by atoms with Gasteiger partial charge in [0, 0.05) is 64.1 Å². The third kappa shape index (κ3) is 4.89. The first-order chi connectivity index (χ1) is 17.7. The van der Waals surface area contributed by atoms with E-state index in [1.807, 2.05) is 57.3 Å². The van der Waals surface area contributed by atoms with Gasteiger partial charge in [-0.3, -0.25) is 14.4 Å². The van der Waals surface area contributed by atoms with Gasteiger partial charge >= 0.3 is 0 Å². The number of anilines is 1. The van der Waals surface area contributed by atoms with E-state index in [2.05, 4.69) is 26.1 Å². The molecule has 1 heterocycles. The fraction of sp³-hybridized carbons (Fsp3) is 0.367. The topological polar surface area (TPSA) is 75.7 Å². The summed E-state index contributed by atoms with van der Waals surface area (Å²) in [6, 6.07) is 11.4. The molecule has 0 spiro atoms. The van der Waals surface area contributed by atoms with E-state index in [0.29, 0.717) is 29.7 Å². The summed E-state index contributed by atoms with van der Waals surface area (Å²) in [6.45, 7) is 3.78. The molecular weight excluding hydrogens is 532 g/mol. The van der Waals surface area contributed by atoms with Gasteiger partial charge in [0.15, 0.2) is 18.2 Å². The highest BCUT2D eigenvalue weighted by Gasteiger charge is 2.43. The molecule has 0 fully saturated rings. The van der Waals surface area contributed by atoms with Gasteiger partial charge in [0.1, 0.15) is 5.75 Å². The molecule has 0 aromatic heterocycles. The number of rotatable bonds is 5. The van der Waals surface area contributed by atoms with Crippen LogP contribution in [0.15, 0.2) is 63.4 Å². The fourth-order valence-corrected chi connectivity index (χ4v) is 6.20. The van der Waals surface area contributed by atoms with Crippen LogP contribution in [0.25, 0.3) is 0 Å². The van der Waals surface area contributed by atoms with Gasteiger partial charge in [-0.25, -0.2) is 0 Å². The number of carbonyl (C=O) groups is 3. The lowest BCUT2D eigenvalue weighted by molar-refractivity contribution is -0.119. The van der Waals surface area contributed by atoms with E-state index in [4.69, 9.17) is 4.74 Å². The number of halogens is 1. The minimum atomic E-state index is -0.489. The Balaban J connectivity index is 1.50. The zero-order chi connectivity index (χ0) is 26.3. The molecule has 2 aliphatic carbocycles. The van der Waals surface area contributed by atoms with Crippen LogP contribution in [-0.4, -0.2) is 36.0 Å². The van der Waals surface area contributed by atoms with Gasteiger partial charge in [-0.05, 0) is 69.4 Å². The number of nitrogens with one attached hydrogen (secondary N) is 1. The Morgan fingerprint density at radius 1 is 0.973 bits per heavy atom. The molecule has 1 N–H and O–H groups in total. The zero-order valence-electron chi connectivity index (χ0n) is 21.4. The highest BCUT2D eigenvalue weighted by atomic mass is 79.9. The highest BCUT2D eigenvalue weighted by Crippen LogP contribution is 2.50. The lowest BCUT2D eigenvalue weighted by Crippen LogP contribution is -2.37. The molecule has 192 valence electrons. The first-order valence-electron chi connectivity index (χ1n) is 12.8. The van der Waals surface area contributed by atoms with Crippen LogP contribution in [0.1, 0.15) is 61.1 Å². The number of hydrogen-bond donors (Lipinski definition) is 1. The summed E-state index contributed by atoms with van der Waals surface area (Å²) in [7, 11) is 1.98. The fourth-order valence-electron chi connectivity index (χ4n) is 5.82. The van der Waals surface area contributed by atoms with Crippen LogP contribution in [0.5, 0.6) is 5.75 Å². The number of allylic oxidation sites excluding steroid dienone is 4.